The van der Waals surface area contributed by atoms with Crippen molar-refractivity contribution < 1.29 is 23.7 Å². The van der Waals surface area contributed by atoms with E-state index in [1.165, 1.54) is 11.4 Å². The Balaban J connectivity index is 2.26. The summed E-state index contributed by atoms with van der Waals surface area (Å²) in [6, 6.07) is 0. The van der Waals surface area contributed by atoms with Crippen molar-refractivity contribution in [1.82, 2.24) is 5.06 Å². The molecule has 0 radical (unpaired) electrons. The van der Waals surface area contributed by atoms with E-state index in [9.17, 15) is 14.4 Å². The first-order chi connectivity index (χ1) is 9.08. The van der Waals surface area contributed by atoms with Crippen molar-refractivity contribution in [3.8, 4) is 0 Å². The van der Waals surface area contributed by atoms with Crippen LogP contribution in [-0.2, 0) is 23.7 Å². The topological polar surface area (TPSA) is 72.9 Å². The molecule has 1 saturated heterocycles. The highest BCUT2D eigenvalue weighted by atomic mass is 32.7. The third-order valence-corrected chi connectivity index (χ3v) is 5.66. The van der Waals surface area contributed by atoms with E-state index in [2.05, 4.69) is 6.58 Å². The minimum absolute atomic E-state index is 0.104. The Hall–Kier alpha value is -0.910. The molecule has 0 bridgehead atoms. The van der Waals surface area contributed by atoms with Gasteiger partial charge in [0.2, 0.25) is 0 Å². The first kappa shape index (κ1) is 16.1. The molecule has 8 heteroatoms. The third-order valence-electron chi connectivity index (χ3n) is 2.13. The standard InChI is InChI=1S/C11H16NO5PS/c1-3-16-18(4-2)19-8-7-11(15)17-12-9(13)5-6-10(12)14/h4H,2-3,5-8H2,1H3. The molecule has 0 spiro atoms. The van der Waals surface area contributed by atoms with Crippen LogP contribution in [0.25, 0.3) is 0 Å². The van der Waals surface area contributed by atoms with Crippen LogP contribution in [0, 0.1) is 0 Å². The molecule has 1 aliphatic rings. The van der Waals surface area contributed by atoms with Crippen molar-refractivity contribution in [2.24, 2.45) is 0 Å². The van der Waals surface area contributed by atoms with Crippen molar-refractivity contribution in [2.45, 2.75) is 26.2 Å². The quantitative estimate of drug-likeness (QED) is 0.505. The summed E-state index contributed by atoms with van der Waals surface area (Å²) >= 11 is 1.47. The van der Waals surface area contributed by atoms with Gasteiger partial charge in [-0.2, -0.15) is 0 Å². The normalized spacial score (nSPS) is 16.6. The number of imide groups is 1. The maximum absolute atomic E-state index is 11.5. The van der Waals surface area contributed by atoms with Crippen LogP contribution in [-0.4, -0.2) is 35.2 Å². The lowest BCUT2D eigenvalue weighted by molar-refractivity contribution is -0.197. The Morgan fingerprint density at radius 1 is 1.47 bits per heavy atom. The molecule has 0 saturated carbocycles. The molecule has 1 unspecified atom stereocenters. The summed E-state index contributed by atoms with van der Waals surface area (Å²) in [4.78, 5) is 38.7. The number of hydroxylamine groups is 2. The zero-order chi connectivity index (χ0) is 14.3. The van der Waals surface area contributed by atoms with Crippen molar-refractivity contribution in [3.63, 3.8) is 0 Å². The number of amides is 2. The first-order valence-electron chi connectivity index (χ1n) is 5.82. The summed E-state index contributed by atoms with van der Waals surface area (Å²) in [7, 11) is -0.797. The number of rotatable bonds is 8. The van der Waals surface area contributed by atoms with Gasteiger partial charge in [-0.1, -0.05) is 6.58 Å². The zero-order valence-electron chi connectivity index (χ0n) is 10.7. The number of carbonyl (C=O) groups excluding carboxylic acids is 3. The van der Waals surface area contributed by atoms with Gasteiger partial charge in [0.1, 0.15) is 7.35 Å². The molecule has 6 nitrogen and oxygen atoms in total. The first-order valence-corrected chi connectivity index (χ1v) is 8.74. The summed E-state index contributed by atoms with van der Waals surface area (Å²) in [5.74, 6) is 0.684. The molecule has 0 aliphatic carbocycles. The van der Waals surface area contributed by atoms with Crippen molar-refractivity contribution in [1.29, 1.82) is 0 Å². The van der Waals surface area contributed by atoms with Crippen LogP contribution in [0.4, 0.5) is 0 Å². The van der Waals surface area contributed by atoms with Crippen molar-refractivity contribution in [3.05, 3.63) is 12.4 Å². The second kappa shape index (κ2) is 8.30. The van der Waals surface area contributed by atoms with Gasteiger partial charge in [-0.05, 0) is 12.7 Å². The van der Waals surface area contributed by atoms with Crippen LogP contribution >= 0.6 is 18.7 Å². The monoisotopic (exact) mass is 305 g/mol. The Bertz CT molecular complexity index is 360. The zero-order valence-corrected chi connectivity index (χ0v) is 12.4. The molecule has 1 atom stereocenters. The van der Waals surface area contributed by atoms with Crippen molar-refractivity contribution in [2.75, 3.05) is 12.4 Å². The minimum Gasteiger partial charge on any atom is -0.344 e. The van der Waals surface area contributed by atoms with E-state index in [4.69, 9.17) is 9.36 Å². The maximum atomic E-state index is 11.5. The van der Waals surface area contributed by atoms with Gasteiger partial charge in [-0.15, -0.1) is 16.4 Å². The van der Waals surface area contributed by atoms with Gasteiger partial charge in [0, 0.05) is 25.2 Å². The number of hydrogen-bond acceptors (Lipinski definition) is 6. The van der Waals surface area contributed by atoms with Crippen molar-refractivity contribution >= 4 is 36.5 Å². The summed E-state index contributed by atoms with van der Waals surface area (Å²) in [6.45, 7) is 6.13. The predicted molar refractivity (Wildman–Crippen MR) is 73.0 cm³/mol. The van der Waals surface area contributed by atoms with Gasteiger partial charge in [0.15, 0.2) is 0 Å². The molecule has 1 aliphatic heterocycles. The molecule has 1 rings (SSSR count). The second-order valence-corrected chi connectivity index (χ2v) is 7.23. The smallest absolute Gasteiger partial charge is 0.334 e. The van der Waals surface area contributed by atoms with E-state index >= 15 is 0 Å². The van der Waals surface area contributed by atoms with Crippen LogP contribution in [0.15, 0.2) is 12.4 Å². The van der Waals surface area contributed by atoms with Crippen LogP contribution in [0.2, 0.25) is 0 Å². The van der Waals surface area contributed by atoms with Crippen LogP contribution < -0.4 is 0 Å². The highest BCUT2D eigenvalue weighted by Gasteiger charge is 2.32. The van der Waals surface area contributed by atoms with E-state index in [-0.39, 0.29) is 19.3 Å². The van der Waals surface area contributed by atoms with Crippen LogP contribution in [0.3, 0.4) is 0 Å². The molecule has 0 aromatic heterocycles. The molecule has 2 amide bonds. The molecule has 0 N–H and O–H groups in total. The summed E-state index contributed by atoms with van der Waals surface area (Å²) in [6.07, 6.45) is 0.321. The number of hydrogen-bond donors (Lipinski definition) is 0. The van der Waals surface area contributed by atoms with E-state index in [0.717, 1.165) is 0 Å². The second-order valence-electron chi connectivity index (χ2n) is 3.51. The van der Waals surface area contributed by atoms with Crippen LogP contribution in [0.5, 0.6) is 0 Å². The average molecular weight is 305 g/mol. The fraction of sp³-hybridized carbons (Fsp3) is 0.545. The summed E-state index contributed by atoms with van der Waals surface area (Å²) < 4.78 is 5.38. The predicted octanol–water partition coefficient (Wildman–Crippen LogP) is 2.21. The summed E-state index contributed by atoms with van der Waals surface area (Å²) in [5.41, 5.74) is 0. The number of carbonyl (C=O) groups is 3. The largest absolute Gasteiger partial charge is 0.344 e. The van der Waals surface area contributed by atoms with Gasteiger partial charge < -0.3 is 9.36 Å². The Morgan fingerprint density at radius 2 is 2.11 bits per heavy atom. The maximum Gasteiger partial charge on any atom is 0.334 e. The van der Waals surface area contributed by atoms with Gasteiger partial charge >= 0.3 is 5.97 Å². The molecular formula is C11H16NO5PS. The fourth-order valence-corrected chi connectivity index (χ4v) is 3.94. The van der Waals surface area contributed by atoms with Gasteiger partial charge in [0.05, 0.1) is 6.42 Å². The van der Waals surface area contributed by atoms with E-state index in [1.54, 1.807) is 5.82 Å². The molecule has 1 heterocycles. The lowest BCUT2D eigenvalue weighted by Crippen LogP contribution is -2.32. The molecule has 106 valence electrons. The minimum atomic E-state index is -0.797. The Labute approximate surface area is 117 Å². The molecular weight excluding hydrogens is 289 g/mol. The van der Waals surface area contributed by atoms with Gasteiger partial charge in [0.25, 0.3) is 11.8 Å². The highest BCUT2D eigenvalue weighted by Crippen LogP contribution is 2.51. The lowest BCUT2D eigenvalue weighted by Gasteiger charge is -2.13. The number of nitrogens with zero attached hydrogens (tertiary/aromatic N) is 1. The third kappa shape index (κ3) is 5.30. The van der Waals surface area contributed by atoms with Gasteiger partial charge in [-0.3, -0.25) is 9.59 Å². The Kier molecular flexibility index (Phi) is 7.05. The SMILES string of the molecule is C=CP(OCC)SCCC(=O)ON1C(=O)CCC1=O. The lowest BCUT2D eigenvalue weighted by atomic mass is 10.4. The molecule has 1 fully saturated rings. The molecule has 0 aromatic carbocycles. The molecule has 0 aromatic rings. The highest BCUT2D eigenvalue weighted by molar-refractivity contribution is 8.55. The molecule has 19 heavy (non-hydrogen) atoms. The van der Waals surface area contributed by atoms with E-state index in [1.807, 2.05) is 6.92 Å². The van der Waals surface area contributed by atoms with Gasteiger partial charge in [-0.25, -0.2) is 4.79 Å². The van der Waals surface area contributed by atoms with E-state index < -0.39 is 25.1 Å². The fourth-order valence-electron chi connectivity index (χ4n) is 1.29. The van der Waals surface area contributed by atoms with Crippen LogP contribution in [0.1, 0.15) is 26.2 Å². The Morgan fingerprint density at radius 3 is 2.63 bits per heavy atom. The average Bonchev–Trinajstić information content (AvgIpc) is 2.69. The summed E-state index contributed by atoms with van der Waals surface area (Å²) in [5, 5.41) is 0.561. The van der Waals surface area contributed by atoms with E-state index in [0.29, 0.717) is 17.4 Å².